The summed E-state index contributed by atoms with van der Waals surface area (Å²) in [5.74, 6) is 0. The molecule has 1 aliphatic carbocycles. The van der Waals surface area contributed by atoms with E-state index in [0.29, 0.717) is 0 Å². The van der Waals surface area contributed by atoms with E-state index in [0.717, 1.165) is 0 Å². The average Bonchev–Trinajstić information content (AvgIpc) is 2.38. The second-order valence-corrected chi connectivity index (χ2v) is 5.21. The number of fused-ring (bicyclic) bond motifs is 1. The molecule has 0 atom stereocenters. The Labute approximate surface area is 109 Å². The summed E-state index contributed by atoms with van der Waals surface area (Å²) in [5.41, 5.74) is 3.02. The molecule has 0 amide bonds. The summed E-state index contributed by atoms with van der Waals surface area (Å²) < 4.78 is 0. The monoisotopic (exact) mass is 236 g/mol. The van der Waals surface area contributed by atoms with Crippen LogP contribution in [0.25, 0.3) is 16.3 Å². The molecule has 0 N–H and O–H groups in total. The lowest BCUT2D eigenvalue weighted by atomic mass is 9.91. The van der Waals surface area contributed by atoms with Crippen LogP contribution in [0.15, 0.2) is 48.5 Å². The van der Waals surface area contributed by atoms with Crippen LogP contribution in [0, 0.1) is 0 Å². The van der Waals surface area contributed by atoms with Gasteiger partial charge in [-0.1, -0.05) is 61.4 Å². The zero-order chi connectivity index (χ0) is 12.2. The van der Waals surface area contributed by atoms with Gasteiger partial charge in [-0.3, -0.25) is 0 Å². The summed E-state index contributed by atoms with van der Waals surface area (Å²) in [6, 6.07) is 15.4. The Balaban J connectivity index is 2.07. The van der Waals surface area contributed by atoms with Gasteiger partial charge in [0.15, 0.2) is 0 Å². The van der Waals surface area contributed by atoms with Crippen molar-refractivity contribution in [3.8, 4) is 0 Å². The van der Waals surface area contributed by atoms with E-state index in [2.05, 4.69) is 48.5 Å². The van der Waals surface area contributed by atoms with Crippen molar-refractivity contribution in [2.75, 3.05) is 0 Å². The van der Waals surface area contributed by atoms with Crippen LogP contribution in [-0.2, 0) is 0 Å². The first kappa shape index (κ1) is 11.5. The third kappa shape index (κ3) is 2.33. The van der Waals surface area contributed by atoms with Gasteiger partial charge in [0.25, 0.3) is 0 Å². The van der Waals surface area contributed by atoms with Gasteiger partial charge >= 0.3 is 0 Å². The zero-order valence-electron chi connectivity index (χ0n) is 10.9. The van der Waals surface area contributed by atoms with Gasteiger partial charge in [0, 0.05) is 0 Å². The number of allylic oxidation sites excluding steroid dienone is 2. The van der Waals surface area contributed by atoms with Crippen LogP contribution in [0.5, 0.6) is 0 Å². The average molecular weight is 236 g/mol. The molecule has 3 rings (SSSR count). The van der Waals surface area contributed by atoms with E-state index in [9.17, 15) is 0 Å². The van der Waals surface area contributed by atoms with Gasteiger partial charge in [-0.2, -0.15) is 0 Å². The lowest BCUT2D eigenvalue weighted by Crippen LogP contribution is -1.91. The molecule has 18 heavy (non-hydrogen) atoms. The topological polar surface area (TPSA) is 0 Å². The maximum absolute atomic E-state index is 2.47. The predicted octanol–water partition coefficient (Wildman–Crippen LogP) is 5.58. The molecule has 0 bridgehead atoms. The Morgan fingerprint density at radius 2 is 1.56 bits per heavy atom. The van der Waals surface area contributed by atoms with E-state index in [1.807, 2.05) is 0 Å². The minimum absolute atomic E-state index is 1.24. The molecule has 0 saturated carbocycles. The molecule has 0 fully saturated rings. The van der Waals surface area contributed by atoms with E-state index >= 15 is 0 Å². The van der Waals surface area contributed by atoms with Gasteiger partial charge in [0.05, 0.1) is 0 Å². The second kappa shape index (κ2) is 5.39. The van der Waals surface area contributed by atoms with E-state index in [1.54, 1.807) is 5.57 Å². The number of hydrogen-bond donors (Lipinski definition) is 0. The van der Waals surface area contributed by atoms with Gasteiger partial charge in [-0.25, -0.2) is 0 Å². The molecule has 0 radical (unpaired) electrons. The summed E-state index contributed by atoms with van der Waals surface area (Å²) >= 11 is 0. The van der Waals surface area contributed by atoms with Crippen LogP contribution in [0.3, 0.4) is 0 Å². The van der Waals surface area contributed by atoms with Crippen molar-refractivity contribution in [3.63, 3.8) is 0 Å². The Morgan fingerprint density at radius 1 is 0.722 bits per heavy atom. The molecule has 0 aromatic heterocycles. The first-order valence-corrected chi connectivity index (χ1v) is 7.12. The predicted molar refractivity (Wildman–Crippen MR) is 79.6 cm³/mol. The van der Waals surface area contributed by atoms with Crippen LogP contribution in [0.2, 0.25) is 0 Å². The molecule has 1 aliphatic rings. The fraction of sp³-hybridized carbons (Fsp3) is 0.333. The van der Waals surface area contributed by atoms with E-state index < -0.39 is 0 Å². The number of rotatable bonds is 1. The van der Waals surface area contributed by atoms with Crippen molar-refractivity contribution in [3.05, 3.63) is 54.1 Å². The van der Waals surface area contributed by atoms with Gasteiger partial charge < -0.3 is 0 Å². The molecule has 0 nitrogen and oxygen atoms in total. The van der Waals surface area contributed by atoms with Gasteiger partial charge in [0.2, 0.25) is 0 Å². The maximum Gasteiger partial charge on any atom is -0.0109 e. The summed E-state index contributed by atoms with van der Waals surface area (Å²) in [4.78, 5) is 0. The second-order valence-electron chi connectivity index (χ2n) is 5.21. The molecular formula is C18H20. The summed E-state index contributed by atoms with van der Waals surface area (Å²) in [6.45, 7) is 0. The van der Waals surface area contributed by atoms with Crippen LogP contribution >= 0.6 is 0 Å². The maximum atomic E-state index is 2.47. The van der Waals surface area contributed by atoms with E-state index in [-0.39, 0.29) is 0 Å². The molecule has 0 heteroatoms. The molecule has 0 saturated heterocycles. The molecule has 2 aromatic rings. The standard InChI is InChI=1S/C18H20/c1-2-4-9-15(10-5-3-1)18-14-8-12-16-11-6-7-13-17(16)18/h6-9,11-14H,1-5,10H2/b15-9+. The van der Waals surface area contributed by atoms with Gasteiger partial charge in [0.1, 0.15) is 0 Å². The lowest BCUT2D eigenvalue weighted by Gasteiger charge is -2.14. The highest BCUT2D eigenvalue weighted by molar-refractivity contribution is 5.93. The van der Waals surface area contributed by atoms with Crippen molar-refractivity contribution in [1.82, 2.24) is 0 Å². The first-order valence-electron chi connectivity index (χ1n) is 7.12. The van der Waals surface area contributed by atoms with Crippen molar-refractivity contribution in [2.24, 2.45) is 0 Å². The van der Waals surface area contributed by atoms with Crippen molar-refractivity contribution >= 4 is 16.3 Å². The summed E-state index contributed by atoms with van der Waals surface area (Å²) in [5, 5.41) is 2.77. The minimum atomic E-state index is 1.24. The molecule has 0 unspecified atom stereocenters. The van der Waals surface area contributed by atoms with Crippen molar-refractivity contribution in [2.45, 2.75) is 38.5 Å². The number of hydrogen-bond acceptors (Lipinski definition) is 0. The third-order valence-electron chi connectivity index (χ3n) is 3.93. The normalized spacial score (nSPS) is 19.9. The van der Waals surface area contributed by atoms with Gasteiger partial charge in [-0.15, -0.1) is 0 Å². The Morgan fingerprint density at radius 3 is 2.56 bits per heavy atom. The lowest BCUT2D eigenvalue weighted by molar-refractivity contribution is 0.644. The quantitative estimate of drug-likeness (QED) is 0.606. The highest BCUT2D eigenvalue weighted by Gasteiger charge is 2.07. The van der Waals surface area contributed by atoms with Crippen molar-refractivity contribution < 1.29 is 0 Å². The molecule has 0 spiro atoms. The van der Waals surface area contributed by atoms with Crippen molar-refractivity contribution in [1.29, 1.82) is 0 Å². The highest BCUT2D eigenvalue weighted by Crippen LogP contribution is 2.30. The van der Waals surface area contributed by atoms with Crippen LogP contribution in [0.4, 0.5) is 0 Å². The summed E-state index contributed by atoms with van der Waals surface area (Å²) in [7, 11) is 0. The zero-order valence-corrected chi connectivity index (χ0v) is 10.9. The van der Waals surface area contributed by atoms with E-state index in [4.69, 9.17) is 0 Å². The SMILES string of the molecule is C1=C(/c2cccc3ccccc23)CCCCCC/1. The molecule has 0 aliphatic heterocycles. The smallest absolute Gasteiger partial charge is 0.0109 e. The first-order chi connectivity index (χ1) is 8.95. The Kier molecular flexibility index (Phi) is 3.45. The van der Waals surface area contributed by atoms with Crippen LogP contribution < -0.4 is 0 Å². The fourth-order valence-electron chi connectivity index (χ4n) is 2.94. The molecule has 0 heterocycles. The van der Waals surface area contributed by atoms with Crippen LogP contribution in [0.1, 0.15) is 44.1 Å². The third-order valence-corrected chi connectivity index (χ3v) is 3.93. The fourth-order valence-corrected chi connectivity index (χ4v) is 2.94. The molecular weight excluding hydrogens is 216 g/mol. The van der Waals surface area contributed by atoms with Crippen LogP contribution in [-0.4, -0.2) is 0 Å². The Hall–Kier alpha value is -1.56. The van der Waals surface area contributed by atoms with Gasteiger partial charge in [-0.05, 0) is 47.6 Å². The number of benzene rings is 2. The molecule has 92 valence electrons. The summed E-state index contributed by atoms with van der Waals surface area (Å²) in [6.07, 6.45) is 10.5. The Bertz CT molecular complexity index is 558. The largest absolute Gasteiger partial charge is 0.0807 e. The van der Waals surface area contributed by atoms with E-state index in [1.165, 1.54) is 54.9 Å². The highest BCUT2D eigenvalue weighted by atomic mass is 14.1. The minimum Gasteiger partial charge on any atom is -0.0807 e. The molecule has 2 aromatic carbocycles.